The number of nitrogens with zero attached hydrogens (tertiary/aromatic N) is 5. The number of anilines is 1. The molecule has 0 aliphatic heterocycles. The minimum atomic E-state index is -0.419. The molecule has 2 aromatic rings. The van der Waals surface area contributed by atoms with Crippen molar-refractivity contribution in [1.29, 1.82) is 0 Å². The Morgan fingerprint density at radius 1 is 1.29 bits per heavy atom. The normalized spacial score (nSPS) is 11.2. The van der Waals surface area contributed by atoms with Crippen molar-refractivity contribution in [2.24, 2.45) is 12.0 Å². The number of aromatic nitrogens is 3. The van der Waals surface area contributed by atoms with Crippen LogP contribution in [0.4, 0.5) is 11.4 Å². The number of benzene rings is 1. The van der Waals surface area contributed by atoms with Crippen LogP contribution < -0.4 is 16.0 Å². The van der Waals surface area contributed by atoms with Crippen LogP contribution in [0.2, 0.25) is 0 Å². The Hall–Kier alpha value is -3.17. The summed E-state index contributed by atoms with van der Waals surface area (Å²) in [5.74, 6) is 1.46. The number of hydrogen-bond acceptors (Lipinski definition) is 6. The number of guanidine groups is 1. The van der Waals surface area contributed by atoms with E-state index in [1.165, 1.54) is 18.5 Å². The van der Waals surface area contributed by atoms with Crippen LogP contribution in [-0.2, 0) is 13.6 Å². The maximum Gasteiger partial charge on any atom is 0.269 e. The Labute approximate surface area is 139 Å². The van der Waals surface area contributed by atoms with Gasteiger partial charge in [0.1, 0.15) is 12.2 Å². The van der Waals surface area contributed by atoms with E-state index >= 15 is 0 Å². The van der Waals surface area contributed by atoms with Crippen molar-refractivity contribution in [3.05, 3.63) is 46.5 Å². The van der Waals surface area contributed by atoms with E-state index in [-0.39, 0.29) is 5.69 Å². The van der Waals surface area contributed by atoms with Gasteiger partial charge in [-0.3, -0.25) is 19.8 Å². The van der Waals surface area contributed by atoms with E-state index in [2.05, 4.69) is 31.0 Å². The van der Waals surface area contributed by atoms with Gasteiger partial charge in [-0.1, -0.05) is 0 Å². The summed E-state index contributed by atoms with van der Waals surface area (Å²) in [7, 11) is 3.52. The lowest BCUT2D eigenvalue weighted by atomic mass is 10.3. The average molecular weight is 332 g/mol. The van der Waals surface area contributed by atoms with E-state index in [0.29, 0.717) is 25.6 Å². The number of non-ortho nitro benzene ring substituents is 1. The summed E-state index contributed by atoms with van der Waals surface area (Å²) in [4.78, 5) is 18.4. The highest BCUT2D eigenvalue weighted by atomic mass is 16.6. The van der Waals surface area contributed by atoms with Crippen LogP contribution in [0.25, 0.3) is 0 Å². The number of aliphatic imine (C=N–C) groups is 1. The molecule has 0 amide bonds. The zero-order valence-electron chi connectivity index (χ0n) is 13.6. The minimum Gasteiger partial charge on any atom is -0.383 e. The summed E-state index contributed by atoms with van der Waals surface area (Å²) in [5.41, 5.74) is 0.900. The molecule has 128 valence electrons. The second-order valence-electron chi connectivity index (χ2n) is 4.88. The molecule has 0 bridgehead atoms. The topological polar surface area (TPSA) is 122 Å². The van der Waals surface area contributed by atoms with Crippen molar-refractivity contribution < 1.29 is 4.92 Å². The van der Waals surface area contributed by atoms with Crippen LogP contribution >= 0.6 is 0 Å². The van der Waals surface area contributed by atoms with Gasteiger partial charge in [-0.2, -0.15) is 5.10 Å². The second kappa shape index (κ2) is 8.46. The van der Waals surface area contributed by atoms with E-state index in [1.54, 1.807) is 23.9 Å². The summed E-state index contributed by atoms with van der Waals surface area (Å²) in [6.45, 7) is 1.80. The third-order valence-electron chi connectivity index (χ3n) is 3.27. The first-order chi connectivity index (χ1) is 11.6. The van der Waals surface area contributed by atoms with E-state index in [4.69, 9.17) is 0 Å². The van der Waals surface area contributed by atoms with Crippen LogP contribution in [0.1, 0.15) is 5.82 Å². The summed E-state index contributed by atoms with van der Waals surface area (Å²) < 4.78 is 1.69. The molecule has 2 rings (SSSR count). The van der Waals surface area contributed by atoms with Gasteiger partial charge in [0.15, 0.2) is 5.96 Å². The van der Waals surface area contributed by atoms with Gasteiger partial charge in [0.25, 0.3) is 5.69 Å². The third-order valence-corrected chi connectivity index (χ3v) is 3.27. The predicted octanol–water partition coefficient (Wildman–Crippen LogP) is 0.500. The second-order valence-corrected chi connectivity index (χ2v) is 4.88. The SMILES string of the molecule is CN=C(NCCNc1ccc([N+](=O)[O-])cc1)NCc1ncnn1C. The first-order valence-electron chi connectivity index (χ1n) is 7.36. The number of hydrogen-bond donors (Lipinski definition) is 3. The molecule has 10 nitrogen and oxygen atoms in total. The van der Waals surface area contributed by atoms with Gasteiger partial charge in [0.2, 0.25) is 0 Å². The summed E-state index contributed by atoms with van der Waals surface area (Å²) >= 11 is 0. The van der Waals surface area contributed by atoms with Gasteiger partial charge < -0.3 is 16.0 Å². The fourth-order valence-corrected chi connectivity index (χ4v) is 1.95. The smallest absolute Gasteiger partial charge is 0.269 e. The van der Waals surface area contributed by atoms with Crippen molar-refractivity contribution >= 4 is 17.3 Å². The Kier molecular flexibility index (Phi) is 6.06. The molecule has 10 heteroatoms. The lowest BCUT2D eigenvalue weighted by Gasteiger charge is -2.12. The Balaban J connectivity index is 1.70. The lowest BCUT2D eigenvalue weighted by Crippen LogP contribution is -2.39. The fourth-order valence-electron chi connectivity index (χ4n) is 1.95. The molecule has 3 N–H and O–H groups in total. The summed E-state index contributed by atoms with van der Waals surface area (Å²) in [6.07, 6.45) is 1.50. The molecule has 0 spiro atoms. The monoisotopic (exact) mass is 332 g/mol. The predicted molar refractivity (Wildman–Crippen MR) is 90.8 cm³/mol. The third kappa shape index (κ3) is 4.93. The fraction of sp³-hybridized carbons (Fsp3) is 0.357. The van der Waals surface area contributed by atoms with Crippen molar-refractivity contribution in [3.8, 4) is 0 Å². The van der Waals surface area contributed by atoms with Crippen molar-refractivity contribution in [3.63, 3.8) is 0 Å². The Morgan fingerprint density at radius 2 is 2.04 bits per heavy atom. The minimum absolute atomic E-state index is 0.0760. The standard InChI is InChI=1S/C14H20N8O2/c1-15-14(18-9-13-19-10-20-21(13)2)17-8-7-16-11-3-5-12(6-4-11)22(23)24/h3-6,10,16H,7-9H2,1-2H3,(H2,15,17,18). The molecule has 0 aliphatic rings. The number of nitro groups is 1. The van der Waals surface area contributed by atoms with Crippen LogP contribution in [0.3, 0.4) is 0 Å². The molecule has 0 atom stereocenters. The van der Waals surface area contributed by atoms with E-state index < -0.39 is 4.92 Å². The zero-order valence-corrected chi connectivity index (χ0v) is 13.6. The maximum absolute atomic E-state index is 10.6. The number of nitro benzene ring substituents is 1. The Bertz CT molecular complexity index is 695. The van der Waals surface area contributed by atoms with Gasteiger partial charge in [0, 0.05) is 45.0 Å². The molecule has 0 unspecified atom stereocenters. The molecule has 0 saturated carbocycles. The largest absolute Gasteiger partial charge is 0.383 e. The maximum atomic E-state index is 10.6. The molecular weight excluding hydrogens is 312 g/mol. The van der Waals surface area contributed by atoms with Gasteiger partial charge in [0.05, 0.1) is 11.5 Å². The average Bonchev–Trinajstić information content (AvgIpc) is 2.99. The summed E-state index contributed by atoms with van der Waals surface area (Å²) in [5, 5.41) is 24.1. The molecule has 1 aromatic carbocycles. The van der Waals surface area contributed by atoms with Gasteiger partial charge >= 0.3 is 0 Å². The van der Waals surface area contributed by atoms with Crippen LogP contribution in [0, 0.1) is 10.1 Å². The molecule has 1 heterocycles. The van der Waals surface area contributed by atoms with Crippen LogP contribution in [0.15, 0.2) is 35.6 Å². The van der Waals surface area contributed by atoms with Crippen molar-refractivity contribution in [2.75, 3.05) is 25.5 Å². The molecule has 0 aliphatic carbocycles. The van der Waals surface area contributed by atoms with Gasteiger partial charge in [-0.15, -0.1) is 0 Å². The highest BCUT2D eigenvalue weighted by Crippen LogP contribution is 2.14. The summed E-state index contributed by atoms with van der Waals surface area (Å²) in [6, 6.07) is 6.30. The zero-order chi connectivity index (χ0) is 17.4. The molecule has 0 fully saturated rings. The van der Waals surface area contributed by atoms with Crippen molar-refractivity contribution in [1.82, 2.24) is 25.4 Å². The highest BCUT2D eigenvalue weighted by molar-refractivity contribution is 5.79. The molecule has 1 aromatic heterocycles. The van der Waals surface area contributed by atoms with Crippen LogP contribution in [0.5, 0.6) is 0 Å². The quantitative estimate of drug-likeness (QED) is 0.222. The van der Waals surface area contributed by atoms with E-state index in [9.17, 15) is 10.1 Å². The van der Waals surface area contributed by atoms with E-state index in [1.807, 2.05) is 7.05 Å². The Morgan fingerprint density at radius 3 is 2.62 bits per heavy atom. The molecule has 0 saturated heterocycles. The molecule has 0 radical (unpaired) electrons. The number of rotatable bonds is 7. The van der Waals surface area contributed by atoms with Gasteiger partial charge in [-0.25, -0.2) is 4.98 Å². The first-order valence-corrected chi connectivity index (χ1v) is 7.36. The molecule has 24 heavy (non-hydrogen) atoms. The van der Waals surface area contributed by atoms with E-state index in [0.717, 1.165) is 11.5 Å². The van der Waals surface area contributed by atoms with Gasteiger partial charge in [-0.05, 0) is 12.1 Å². The lowest BCUT2D eigenvalue weighted by molar-refractivity contribution is -0.384. The highest BCUT2D eigenvalue weighted by Gasteiger charge is 2.04. The number of aryl methyl sites for hydroxylation is 1. The van der Waals surface area contributed by atoms with Crippen LogP contribution in [-0.4, -0.2) is 45.8 Å². The number of nitrogens with one attached hydrogen (secondary N) is 3. The van der Waals surface area contributed by atoms with Crippen molar-refractivity contribution in [2.45, 2.75) is 6.54 Å². The molecular formula is C14H20N8O2. The first kappa shape index (κ1) is 17.2.